The zero-order chi connectivity index (χ0) is 10.2. The van der Waals surface area contributed by atoms with Crippen molar-refractivity contribution in [3.8, 4) is 0 Å². The summed E-state index contributed by atoms with van der Waals surface area (Å²) in [6, 6.07) is 0. The quantitative estimate of drug-likeness (QED) is 0.572. The summed E-state index contributed by atoms with van der Waals surface area (Å²) in [6.45, 7) is 2.13. The molecule has 0 aliphatic carbocycles. The third-order valence-corrected chi connectivity index (χ3v) is 3.06. The molecule has 0 amide bonds. The first kappa shape index (κ1) is 12.0. The van der Waals surface area contributed by atoms with Crippen molar-refractivity contribution in [3.05, 3.63) is 16.6 Å². The van der Waals surface area contributed by atoms with Gasteiger partial charge < -0.3 is 4.90 Å². The summed E-state index contributed by atoms with van der Waals surface area (Å²) >= 11 is 5.86. The molecular formula is C10H18N2S2. The number of hydrogen-bond acceptors (Lipinski definition) is 4. The summed E-state index contributed by atoms with van der Waals surface area (Å²) in [4.78, 5) is 6.59. The molecule has 0 fully saturated rings. The van der Waals surface area contributed by atoms with Gasteiger partial charge in [0.25, 0.3) is 0 Å². The Labute approximate surface area is 95.8 Å². The minimum atomic E-state index is 0.977. The van der Waals surface area contributed by atoms with Gasteiger partial charge in [0.05, 0.1) is 11.2 Å². The van der Waals surface area contributed by atoms with Crippen molar-refractivity contribution in [3.63, 3.8) is 0 Å². The van der Waals surface area contributed by atoms with Gasteiger partial charge in [0, 0.05) is 11.9 Å². The molecular weight excluding hydrogens is 212 g/mol. The SMILES string of the molecule is CN(CCCCCS)Cc1cscn1. The maximum absolute atomic E-state index is 4.27. The summed E-state index contributed by atoms with van der Waals surface area (Å²) in [6.07, 6.45) is 3.78. The Bertz CT molecular complexity index is 224. The molecule has 2 nitrogen and oxygen atoms in total. The predicted molar refractivity (Wildman–Crippen MR) is 66.2 cm³/mol. The van der Waals surface area contributed by atoms with E-state index in [0.29, 0.717) is 0 Å². The maximum Gasteiger partial charge on any atom is 0.0795 e. The predicted octanol–water partition coefficient (Wildman–Crippen LogP) is 2.68. The van der Waals surface area contributed by atoms with Crippen molar-refractivity contribution in [1.82, 2.24) is 9.88 Å². The monoisotopic (exact) mass is 230 g/mol. The molecule has 0 atom stereocenters. The van der Waals surface area contributed by atoms with Crippen LogP contribution < -0.4 is 0 Å². The normalized spacial score (nSPS) is 11.1. The van der Waals surface area contributed by atoms with Crippen LogP contribution in [0.3, 0.4) is 0 Å². The molecule has 4 heteroatoms. The van der Waals surface area contributed by atoms with Gasteiger partial charge in [-0.2, -0.15) is 12.6 Å². The first-order valence-corrected chi connectivity index (χ1v) is 6.57. The second-order valence-corrected chi connectivity index (χ2v) is 4.67. The lowest BCUT2D eigenvalue weighted by Gasteiger charge is -2.14. The highest BCUT2D eigenvalue weighted by Crippen LogP contribution is 2.05. The number of unbranched alkanes of at least 4 members (excludes halogenated alkanes) is 2. The van der Waals surface area contributed by atoms with E-state index < -0.39 is 0 Å². The molecule has 0 spiro atoms. The number of thiol groups is 1. The molecule has 0 saturated heterocycles. The van der Waals surface area contributed by atoms with E-state index in [4.69, 9.17) is 0 Å². The number of hydrogen-bond donors (Lipinski definition) is 1. The zero-order valence-electron chi connectivity index (χ0n) is 8.65. The van der Waals surface area contributed by atoms with Crippen LogP contribution in [-0.4, -0.2) is 29.2 Å². The molecule has 0 aliphatic rings. The number of aromatic nitrogens is 1. The Morgan fingerprint density at radius 1 is 1.43 bits per heavy atom. The van der Waals surface area contributed by atoms with E-state index in [1.54, 1.807) is 11.3 Å². The molecule has 0 aliphatic heterocycles. The first-order valence-electron chi connectivity index (χ1n) is 4.99. The summed E-state index contributed by atoms with van der Waals surface area (Å²) in [7, 11) is 2.15. The fourth-order valence-corrected chi connectivity index (χ4v) is 2.11. The van der Waals surface area contributed by atoms with Crippen molar-refractivity contribution in [1.29, 1.82) is 0 Å². The van der Waals surface area contributed by atoms with E-state index >= 15 is 0 Å². The molecule has 0 bridgehead atoms. The van der Waals surface area contributed by atoms with Gasteiger partial charge >= 0.3 is 0 Å². The van der Waals surface area contributed by atoms with Crippen LogP contribution in [0.4, 0.5) is 0 Å². The van der Waals surface area contributed by atoms with Gasteiger partial charge in [-0.3, -0.25) is 0 Å². The van der Waals surface area contributed by atoms with Gasteiger partial charge in [-0.1, -0.05) is 6.42 Å². The van der Waals surface area contributed by atoms with Gasteiger partial charge in [-0.25, -0.2) is 4.98 Å². The Morgan fingerprint density at radius 3 is 2.93 bits per heavy atom. The van der Waals surface area contributed by atoms with Crippen LogP contribution in [0.2, 0.25) is 0 Å². The van der Waals surface area contributed by atoms with E-state index in [9.17, 15) is 0 Å². The molecule has 0 saturated carbocycles. The van der Waals surface area contributed by atoms with Crippen LogP contribution in [0.1, 0.15) is 25.0 Å². The standard InChI is InChI=1S/C10H18N2S2/c1-12(5-3-2-4-6-13)7-10-8-14-9-11-10/h8-9,13H,2-7H2,1H3. The van der Waals surface area contributed by atoms with Crippen molar-refractivity contribution in [2.45, 2.75) is 25.8 Å². The van der Waals surface area contributed by atoms with Crippen molar-refractivity contribution < 1.29 is 0 Å². The van der Waals surface area contributed by atoms with E-state index in [-0.39, 0.29) is 0 Å². The fourth-order valence-electron chi connectivity index (χ4n) is 1.34. The summed E-state index contributed by atoms with van der Waals surface area (Å²) in [5.74, 6) is 1.01. The van der Waals surface area contributed by atoms with E-state index in [2.05, 4.69) is 34.9 Å². The van der Waals surface area contributed by atoms with Crippen LogP contribution in [0.15, 0.2) is 10.9 Å². The first-order chi connectivity index (χ1) is 6.83. The zero-order valence-corrected chi connectivity index (χ0v) is 10.4. The average Bonchev–Trinajstić information content (AvgIpc) is 2.65. The number of nitrogens with zero attached hydrogens (tertiary/aromatic N) is 2. The van der Waals surface area contributed by atoms with Crippen LogP contribution >= 0.6 is 24.0 Å². The van der Waals surface area contributed by atoms with E-state index in [0.717, 1.165) is 18.8 Å². The second kappa shape index (κ2) is 7.26. The Morgan fingerprint density at radius 2 is 2.29 bits per heavy atom. The number of rotatable bonds is 7. The van der Waals surface area contributed by atoms with E-state index in [1.165, 1.54) is 25.0 Å². The molecule has 1 rings (SSSR count). The lowest BCUT2D eigenvalue weighted by Crippen LogP contribution is -2.19. The highest BCUT2D eigenvalue weighted by molar-refractivity contribution is 7.80. The van der Waals surface area contributed by atoms with Crippen LogP contribution in [0, 0.1) is 0 Å². The molecule has 1 aromatic rings. The molecule has 0 aromatic carbocycles. The molecule has 0 radical (unpaired) electrons. The molecule has 0 N–H and O–H groups in total. The van der Waals surface area contributed by atoms with Gasteiger partial charge in [0.15, 0.2) is 0 Å². The van der Waals surface area contributed by atoms with Crippen LogP contribution in [-0.2, 0) is 6.54 Å². The van der Waals surface area contributed by atoms with Gasteiger partial charge in [0.1, 0.15) is 0 Å². The Balaban J connectivity index is 2.07. The van der Waals surface area contributed by atoms with E-state index in [1.807, 2.05) is 5.51 Å². The van der Waals surface area contributed by atoms with Crippen molar-refractivity contribution >= 4 is 24.0 Å². The highest BCUT2D eigenvalue weighted by atomic mass is 32.1. The topological polar surface area (TPSA) is 16.1 Å². The highest BCUT2D eigenvalue weighted by Gasteiger charge is 2.00. The lowest BCUT2D eigenvalue weighted by atomic mass is 10.2. The minimum Gasteiger partial charge on any atom is -0.301 e. The molecule has 80 valence electrons. The van der Waals surface area contributed by atoms with Crippen molar-refractivity contribution in [2.24, 2.45) is 0 Å². The smallest absolute Gasteiger partial charge is 0.0795 e. The van der Waals surface area contributed by atoms with Crippen LogP contribution in [0.25, 0.3) is 0 Å². The van der Waals surface area contributed by atoms with Crippen LogP contribution in [0.5, 0.6) is 0 Å². The molecule has 1 aromatic heterocycles. The Kier molecular flexibility index (Phi) is 6.23. The number of thiazole rings is 1. The summed E-state index contributed by atoms with van der Waals surface area (Å²) < 4.78 is 0. The third-order valence-electron chi connectivity index (χ3n) is 2.11. The van der Waals surface area contributed by atoms with Crippen molar-refractivity contribution in [2.75, 3.05) is 19.3 Å². The average molecular weight is 230 g/mol. The van der Waals surface area contributed by atoms with Gasteiger partial charge in [0.2, 0.25) is 0 Å². The second-order valence-electron chi connectivity index (χ2n) is 3.50. The molecule has 0 unspecified atom stereocenters. The minimum absolute atomic E-state index is 0.977. The fraction of sp³-hybridized carbons (Fsp3) is 0.700. The molecule has 14 heavy (non-hydrogen) atoms. The van der Waals surface area contributed by atoms with Gasteiger partial charge in [-0.05, 0) is 32.2 Å². The lowest BCUT2D eigenvalue weighted by molar-refractivity contribution is 0.315. The maximum atomic E-state index is 4.27. The van der Waals surface area contributed by atoms with Gasteiger partial charge in [-0.15, -0.1) is 11.3 Å². The Hall–Kier alpha value is -0.0600. The summed E-state index contributed by atoms with van der Waals surface area (Å²) in [5, 5.41) is 2.12. The molecule has 1 heterocycles. The summed E-state index contributed by atoms with van der Waals surface area (Å²) in [5.41, 5.74) is 3.08. The largest absolute Gasteiger partial charge is 0.301 e. The third kappa shape index (κ3) is 4.98.